The summed E-state index contributed by atoms with van der Waals surface area (Å²) in [7, 11) is 1.89. The lowest BCUT2D eigenvalue weighted by Gasteiger charge is -2.14. The van der Waals surface area contributed by atoms with E-state index in [1.165, 1.54) is 12.1 Å². The predicted octanol–water partition coefficient (Wildman–Crippen LogP) is 3.29. The second-order valence-electron chi connectivity index (χ2n) is 4.32. The molecular weight excluding hydrogens is 263 g/mol. The van der Waals surface area contributed by atoms with Gasteiger partial charge in [-0.2, -0.15) is 0 Å². The van der Waals surface area contributed by atoms with E-state index in [1.807, 2.05) is 23.7 Å². The van der Waals surface area contributed by atoms with E-state index in [1.54, 1.807) is 18.0 Å². The Balaban J connectivity index is 2.19. The predicted molar refractivity (Wildman–Crippen MR) is 74.4 cm³/mol. The molecule has 0 saturated heterocycles. The molecule has 102 valence electrons. The van der Waals surface area contributed by atoms with Crippen LogP contribution >= 0.6 is 11.8 Å². The minimum absolute atomic E-state index is 0.0165. The highest BCUT2D eigenvalue weighted by atomic mass is 32.2. The second kappa shape index (κ2) is 6.21. The van der Waals surface area contributed by atoms with Crippen molar-refractivity contribution in [2.45, 2.75) is 30.4 Å². The molecule has 1 aromatic carbocycles. The highest BCUT2D eigenvalue weighted by molar-refractivity contribution is 7.99. The number of hydrogen-bond acceptors (Lipinski definition) is 3. The van der Waals surface area contributed by atoms with Gasteiger partial charge in [0.1, 0.15) is 5.82 Å². The van der Waals surface area contributed by atoms with Gasteiger partial charge < -0.3 is 9.67 Å². The Morgan fingerprint density at radius 1 is 1.37 bits per heavy atom. The Kier molecular flexibility index (Phi) is 4.61. The van der Waals surface area contributed by atoms with Crippen LogP contribution in [0.4, 0.5) is 4.39 Å². The van der Waals surface area contributed by atoms with Gasteiger partial charge in [0, 0.05) is 12.3 Å². The van der Waals surface area contributed by atoms with Gasteiger partial charge in [-0.3, -0.25) is 0 Å². The molecule has 0 aliphatic rings. The monoisotopic (exact) mass is 280 g/mol. The summed E-state index contributed by atoms with van der Waals surface area (Å²) in [5, 5.41) is 10.3. The van der Waals surface area contributed by atoms with E-state index in [2.05, 4.69) is 11.9 Å². The van der Waals surface area contributed by atoms with E-state index in [0.717, 1.165) is 22.8 Å². The third kappa shape index (κ3) is 3.16. The number of aliphatic hydroxyl groups is 1. The van der Waals surface area contributed by atoms with Crippen molar-refractivity contribution >= 4 is 11.8 Å². The first-order chi connectivity index (χ1) is 9.15. The van der Waals surface area contributed by atoms with Gasteiger partial charge in [0.05, 0.1) is 18.5 Å². The summed E-state index contributed by atoms with van der Waals surface area (Å²) in [4.78, 5) is 4.31. The maximum Gasteiger partial charge on any atom is 0.168 e. The third-order valence-electron chi connectivity index (χ3n) is 3.06. The lowest BCUT2D eigenvalue weighted by atomic mass is 10.1. The van der Waals surface area contributed by atoms with Crippen LogP contribution < -0.4 is 0 Å². The fourth-order valence-electron chi connectivity index (χ4n) is 1.87. The van der Waals surface area contributed by atoms with Crippen LogP contribution in [0.15, 0.2) is 35.6 Å². The molecule has 0 saturated carbocycles. The summed E-state index contributed by atoms with van der Waals surface area (Å²) in [6.45, 7) is 2.08. The molecule has 0 fully saturated rings. The van der Waals surface area contributed by atoms with Crippen molar-refractivity contribution in [3.63, 3.8) is 0 Å². The fraction of sp³-hybridized carbons (Fsp3) is 0.357. The van der Waals surface area contributed by atoms with Crippen molar-refractivity contribution < 1.29 is 9.50 Å². The molecule has 0 radical (unpaired) electrons. The minimum atomic E-state index is -0.219. The number of hydrogen-bond donors (Lipinski definition) is 1. The number of halogens is 1. The third-order valence-corrected chi connectivity index (χ3v) is 4.54. The fourth-order valence-corrected chi connectivity index (χ4v) is 2.98. The molecule has 3 nitrogen and oxygen atoms in total. The van der Waals surface area contributed by atoms with Crippen LogP contribution in [0.1, 0.15) is 29.9 Å². The van der Waals surface area contributed by atoms with Gasteiger partial charge >= 0.3 is 0 Å². The van der Waals surface area contributed by atoms with Gasteiger partial charge in [-0.1, -0.05) is 30.8 Å². The van der Waals surface area contributed by atoms with Crippen LogP contribution in [0, 0.1) is 5.82 Å². The summed E-state index contributed by atoms with van der Waals surface area (Å²) in [5.74, 6) is -0.219. The zero-order valence-corrected chi connectivity index (χ0v) is 11.8. The average Bonchev–Trinajstić information content (AvgIpc) is 2.78. The van der Waals surface area contributed by atoms with E-state index in [4.69, 9.17) is 5.11 Å². The van der Waals surface area contributed by atoms with Crippen LogP contribution in [0.5, 0.6) is 0 Å². The van der Waals surface area contributed by atoms with Crippen molar-refractivity contribution in [1.29, 1.82) is 0 Å². The Labute approximate surface area is 116 Å². The number of rotatable bonds is 5. The van der Waals surface area contributed by atoms with Crippen molar-refractivity contribution in [2.24, 2.45) is 7.05 Å². The summed E-state index contributed by atoms with van der Waals surface area (Å²) in [5.41, 5.74) is 1.87. The lowest BCUT2D eigenvalue weighted by molar-refractivity contribution is 0.271. The van der Waals surface area contributed by atoms with Crippen molar-refractivity contribution in [3.8, 4) is 0 Å². The van der Waals surface area contributed by atoms with Crippen molar-refractivity contribution in [1.82, 2.24) is 9.55 Å². The van der Waals surface area contributed by atoms with Gasteiger partial charge in [0.25, 0.3) is 0 Å². The molecule has 1 N–H and O–H groups in total. The molecular formula is C14H17FN2OS. The summed E-state index contributed by atoms with van der Waals surface area (Å²) < 4.78 is 14.8. The maximum absolute atomic E-state index is 12.9. The SMILES string of the molecule is CCC(Sc1ncc(CO)n1C)c1ccc(F)cc1. The molecule has 5 heteroatoms. The van der Waals surface area contributed by atoms with Crippen molar-refractivity contribution in [2.75, 3.05) is 0 Å². The summed E-state index contributed by atoms with van der Waals surface area (Å²) in [6, 6.07) is 6.59. The number of aromatic nitrogens is 2. The van der Waals surface area contributed by atoms with Gasteiger partial charge in [-0.25, -0.2) is 9.37 Å². The Morgan fingerprint density at radius 3 is 2.58 bits per heavy atom. The Bertz CT molecular complexity index is 539. The molecule has 2 aromatic rings. The smallest absolute Gasteiger partial charge is 0.168 e. The van der Waals surface area contributed by atoms with Gasteiger partial charge in [0.15, 0.2) is 5.16 Å². The molecule has 1 aromatic heterocycles. The molecule has 1 atom stereocenters. The molecule has 19 heavy (non-hydrogen) atoms. The number of imidazole rings is 1. The maximum atomic E-state index is 12.9. The Morgan fingerprint density at radius 2 is 2.05 bits per heavy atom. The molecule has 0 spiro atoms. The van der Waals surface area contributed by atoms with Crippen LogP contribution in [0.3, 0.4) is 0 Å². The summed E-state index contributed by atoms with van der Waals surface area (Å²) >= 11 is 1.63. The van der Waals surface area contributed by atoms with E-state index in [0.29, 0.717) is 0 Å². The van der Waals surface area contributed by atoms with E-state index in [-0.39, 0.29) is 17.7 Å². The van der Waals surface area contributed by atoms with E-state index >= 15 is 0 Å². The first-order valence-corrected chi connectivity index (χ1v) is 7.07. The number of thioether (sulfide) groups is 1. The van der Waals surface area contributed by atoms with Crippen LogP contribution in [-0.4, -0.2) is 14.7 Å². The van der Waals surface area contributed by atoms with E-state index < -0.39 is 0 Å². The highest BCUT2D eigenvalue weighted by Crippen LogP contribution is 2.36. The van der Waals surface area contributed by atoms with Gasteiger partial charge in [-0.05, 0) is 24.1 Å². The largest absolute Gasteiger partial charge is 0.390 e. The second-order valence-corrected chi connectivity index (χ2v) is 5.49. The highest BCUT2D eigenvalue weighted by Gasteiger charge is 2.15. The zero-order valence-electron chi connectivity index (χ0n) is 11.0. The topological polar surface area (TPSA) is 38.1 Å². The van der Waals surface area contributed by atoms with Crippen LogP contribution in [-0.2, 0) is 13.7 Å². The van der Waals surface area contributed by atoms with Gasteiger partial charge in [0.2, 0.25) is 0 Å². The zero-order chi connectivity index (χ0) is 13.8. The quantitative estimate of drug-likeness (QED) is 0.854. The molecule has 0 bridgehead atoms. The normalized spacial score (nSPS) is 12.6. The molecule has 2 rings (SSSR count). The first-order valence-electron chi connectivity index (χ1n) is 6.19. The molecule has 1 heterocycles. The van der Waals surface area contributed by atoms with Crippen LogP contribution in [0.2, 0.25) is 0 Å². The van der Waals surface area contributed by atoms with Gasteiger partial charge in [-0.15, -0.1) is 0 Å². The summed E-state index contributed by atoms with van der Waals surface area (Å²) in [6.07, 6.45) is 2.61. The van der Waals surface area contributed by atoms with Crippen LogP contribution in [0.25, 0.3) is 0 Å². The molecule has 1 unspecified atom stereocenters. The average molecular weight is 280 g/mol. The van der Waals surface area contributed by atoms with Crippen molar-refractivity contribution in [3.05, 3.63) is 47.5 Å². The number of aliphatic hydroxyl groups excluding tert-OH is 1. The standard InChI is InChI=1S/C14H17FN2OS/c1-3-13(10-4-6-11(15)7-5-10)19-14-16-8-12(9-18)17(14)2/h4-8,13,18H,3,9H2,1-2H3. The Hall–Kier alpha value is -1.33. The number of nitrogens with zero attached hydrogens (tertiary/aromatic N) is 2. The number of benzene rings is 1. The minimum Gasteiger partial charge on any atom is -0.390 e. The first kappa shape index (κ1) is 14.1. The lowest BCUT2D eigenvalue weighted by Crippen LogP contribution is -2.00. The molecule has 0 aliphatic heterocycles. The molecule has 0 aliphatic carbocycles. The molecule has 0 amide bonds. The van der Waals surface area contributed by atoms with E-state index in [9.17, 15) is 4.39 Å².